The van der Waals surface area contributed by atoms with Crippen molar-refractivity contribution >= 4 is 17.9 Å². The lowest BCUT2D eigenvalue weighted by atomic mass is 10.0. The Kier molecular flexibility index (Phi) is 57.2. The maximum Gasteiger partial charge on any atom is 0.306 e. The second-order valence-corrected chi connectivity index (χ2v) is 21.0. The zero-order chi connectivity index (χ0) is 50.7. The molecule has 0 fully saturated rings. The van der Waals surface area contributed by atoms with Crippen LogP contribution in [0.15, 0.2) is 36.5 Å². The maximum atomic E-state index is 12.9. The summed E-state index contributed by atoms with van der Waals surface area (Å²) >= 11 is 0. The molecule has 0 heterocycles. The molecule has 0 radical (unpaired) electrons. The molecule has 0 rings (SSSR count). The second kappa shape index (κ2) is 59.2. The molecule has 0 N–H and O–H groups in total. The van der Waals surface area contributed by atoms with E-state index < -0.39 is 6.10 Å². The number of hydrogen-bond acceptors (Lipinski definition) is 6. The molecular formula is C64H118O6. The first-order chi connectivity index (χ1) is 34.5. The highest BCUT2D eigenvalue weighted by atomic mass is 16.6. The molecule has 0 spiro atoms. The van der Waals surface area contributed by atoms with Gasteiger partial charge in [-0.1, -0.05) is 282 Å². The van der Waals surface area contributed by atoms with Crippen molar-refractivity contribution in [3.05, 3.63) is 36.5 Å². The van der Waals surface area contributed by atoms with Gasteiger partial charge in [-0.3, -0.25) is 14.4 Å². The van der Waals surface area contributed by atoms with E-state index in [0.29, 0.717) is 19.3 Å². The van der Waals surface area contributed by atoms with Crippen molar-refractivity contribution in [3.8, 4) is 0 Å². The number of unbranched alkanes of at least 4 members (excludes halogenated alkanes) is 40. The summed E-state index contributed by atoms with van der Waals surface area (Å²) in [6.07, 6.45) is 71.5. The average molecular weight is 984 g/mol. The fraction of sp³-hybridized carbons (Fsp3) is 0.859. The van der Waals surface area contributed by atoms with Gasteiger partial charge in [-0.2, -0.15) is 0 Å². The van der Waals surface area contributed by atoms with Gasteiger partial charge in [0.1, 0.15) is 13.2 Å². The van der Waals surface area contributed by atoms with Crippen LogP contribution in [0.2, 0.25) is 0 Å². The van der Waals surface area contributed by atoms with Crippen LogP contribution in [0.5, 0.6) is 0 Å². The van der Waals surface area contributed by atoms with Crippen molar-refractivity contribution in [2.45, 2.75) is 341 Å². The van der Waals surface area contributed by atoms with E-state index in [0.717, 1.165) is 77.0 Å². The monoisotopic (exact) mass is 983 g/mol. The van der Waals surface area contributed by atoms with Gasteiger partial charge in [-0.25, -0.2) is 0 Å². The summed E-state index contributed by atoms with van der Waals surface area (Å²) in [5.74, 6) is -0.873. The first-order valence-corrected chi connectivity index (χ1v) is 31.0. The largest absolute Gasteiger partial charge is 0.462 e. The Balaban J connectivity index is 4.22. The Morgan fingerprint density at radius 2 is 0.529 bits per heavy atom. The molecule has 1 unspecified atom stereocenters. The average Bonchev–Trinajstić information content (AvgIpc) is 3.36. The van der Waals surface area contributed by atoms with Gasteiger partial charge >= 0.3 is 17.9 Å². The topological polar surface area (TPSA) is 78.9 Å². The molecule has 0 saturated carbocycles. The standard InChI is InChI=1S/C64H118O6/c1-4-7-10-13-16-19-22-24-26-28-29-30-31-32-33-34-36-37-39-42-45-48-51-54-57-63(66)69-60-61(59-68-62(65)56-53-50-47-44-41-21-18-15-12-9-6-3)70-64(67)58-55-52-49-46-43-40-38-35-27-25-23-20-17-14-11-8-5-2/h15,17-18,20,25,27,61H,4-14,16,19,21-24,26,28-60H2,1-3H3/b18-15-,20-17-,27-25-. The lowest BCUT2D eigenvalue weighted by Gasteiger charge is -2.18. The van der Waals surface area contributed by atoms with Gasteiger partial charge in [-0.05, 0) is 70.6 Å². The van der Waals surface area contributed by atoms with Crippen LogP contribution in [0, 0.1) is 0 Å². The van der Waals surface area contributed by atoms with E-state index in [1.54, 1.807) is 0 Å². The zero-order valence-corrected chi connectivity index (χ0v) is 47.1. The molecule has 410 valence electrons. The number of ether oxygens (including phenoxy) is 3. The molecule has 0 saturated heterocycles. The summed E-state index contributed by atoms with van der Waals surface area (Å²) in [5.41, 5.74) is 0. The van der Waals surface area contributed by atoms with E-state index in [2.05, 4.69) is 57.2 Å². The van der Waals surface area contributed by atoms with Crippen molar-refractivity contribution in [3.63, 3.8) is 0 Å². The minimum atomic E-state index is -0.777. The Hall–Kier alpha value is -2.37. The van der Waals surface area contributed by atoms with Gasteiger partial charge in [0.2, 0.25) is 0 Å². The number of carbonyl (C=O) groups excluding carboxylic acids is 3. The van der Waals surface area contributed by atoms with Crippen LogP contribution in [0.1, 0.15) is 335 Å². The van der Waals surface area contributed by atoms with Gasteiger partial charge in [-0.15, -0.1) is 0 Å². The SMILES string of the molecule is CCCC/C=C\CCCCCCCC(=O)OCC(COC(=O)CCCCCCCCCCCCCCCCCCCCCCCCCC)OC(=O)CCCCCCCCC/C=C\C/C=C\CCCCC. The van der Waals surface area contributed by atoms with Gasteiger partial charge in [0.05, 0.1) is 0 Å². The molecule has 6 heteroatoms. The van der Waals surface area contributed by atoms with Crippen LogP contribution < -0.4 is 0 Å². The fourth-order valence-corrected chi connectivity index (χ4v) is 9.16. The minimum Gasteiger partial charge on any atom is -0.462 e. The van der Waals surface area contributed by atoms with E-state index in [1.807, 2.05) is 0 Å². The van der Waals surface area contributed by atoms with Gasteiger partial charge < -0.3 is 14.2 Å². The summed E-state index contributed by atoms with van der Waals surface area (Å²) in [7, 11) is 0. The highest BCUT2D eigenvalue weighted by Gasteiger charge is 2.19. The molecule has 0 aromatic rings. The molecule has 0 aliphatic heterocycles. The normalized spacial score (nSPS) is 12.2. The summed E-state index contributed by atoms with van der Waals surface area (Å²) in [6.45, 7) is 6.61. The molecule has 70 heavy (non-hydrogen) atoms. The van der Waals surface area contributed by atoms with E-state index in [-0.39, 0.29) is 31.1 Å². The minimum absolute atomic E-state index is 0.0743. The van der Waals surface area contributed by atoms with Gasteiger partial charge in [0.15, 0.2) is 6.10 Å². The molecule has 6 nitrogen and oxygen atoms in total. The number of hydrogen-bond donors (Lipinski definition) is 0. The predicted octanol–water partition coefficient (Wildman–Crippen LogP) is 20.8. The summed E-state index contributed by atoms with van der Waals surface area (Å²) in [4.78, 5) is 38.2. The third kappa shape index (κ3) is 56.5. The van der Waals surface area contributed by atoms with Crippen molar-refractivity contribution < 1.29 is 28.6 Å². The van der Waals surface area contributed by atoms with Crippen molar-refractivity contribution in [2.75, 3.05) is 13.2 Å². The summed E-state index contributed by atoms with van der Waals surface area (Å²) in [6, 6.07) is 0. The van der Waals surface area contributed by atoms with Crippen molar-refractivity contribution in [1.82, 2.24) is 0 Å². The number of allylic oxidation sites excluding steroid dienone is 6. The quantitative estimate of drug-likeness (QED) is 0.0261. The number of rotatable bonds is 57. The van der Waals surface area contributed by atoms with Crippen LogP contribution >= 0.6 is 0 Å². The van der Waals surface area contributed by atoms with Gasteiger partial charge in [0.25, 0.3) is 0 Å². The molecule has 0 bridgehead atoms. The molecule has 0 amide bonds. The molecule has 0 aromatic heterocycles. The Morgan fingerprint density at radius 1 is 0.286 bits per heavy atom. The van der Waals surface area contributed by atoms with Crippen LogP contribution in [-0.4, -0.2) is 37.2 Å². The summed E-state index contributed by atoms with van der Waals surface area (Å²) < 4.78 is 16.9. The third-order valence-electron chi connectivity index (χ3n) is 13.9. The van der Waals surface area contributed by atoms with Gasteiger partial charge in [0, 0.05) is 19.3 Å². The fourth-order valence-electron chi connectivity index (χ4n) is 9.16. The molecule has 0 aliphatic rings. The van der Waals surface area contributed by atoms with Crippen LogP contribution in [-0.2, 0) is 28.6 Å². The molecular weight excluding hydrogens is 865 g/mol. The highest BCUT2D eigenvalue weighted by Crippen LogP contribution is 2.17. The second-order valence-electron chi connectivity index (χ2n) is 21.0. The van der Waals surface area contributed by atoms with E-state index >= 15 is 0 Å². The zero-order valence-electron chi connectivity index (χ0n) is 47.1. The first kappa shape index (κ1) is 67.6. The van der Waals surface area contributed by atoms with Crippen molar-refractivity contribution in [2.24, 2.45) is 0 Å². The highest BCUT2D eigenvalue weighted by molar-refractivity contribution is 5.71. The molecule has 0 aromatic carbocycles. The number of esters is 3. The predicted molar refractivity (Wildman–Crippen MR) is 302 cm³/mol. The van der Waals surface area contributed by atoms with E-state index in [4.69, 9.17) is 14.2 Å². The van der Waals surface area contributed by atoms with Crippen LogP contribution in [0.25, 0.3) is 0 Å². The first-order valence-electron chi connectivity index (χ1n) is 31.0. The van der Waals surface area contributed by atoms with E-state index in [9.17, 15) is 14.4 Å². The lowest BCUT2D eigenvalue weighted by molar-refractivity contribution is -0.167. The maximum absolute atomic E-state index is 12.9. The Morgan fingerprint density at radius 3 is 0.871 bits per heavy atom. The summed E-state index contributed by atoms with van der Waals surface area (Å²) in [5, 5.41) is 0. The van der Waals surface area contributed by atoms with Crippen molar-refractivity contribution in [1.29, 1.82) is 0 Å². The third-order valence-corrected chi connectivity index (χ3v) is 13.9. The smallest absolute Gasteiger partial charge is 0.306 e. The Labute approximate surface area is 435 Å². The number of carbonyl (C=O) groups is 3. The van der Waals surface area contributed by atoms with Crippen LogP contribution in [0.4, 0.5) is 0 Å². The molecule has 0 aliphatic carbocycles. The lowest BCUT2D eigenvalue weighted by Crippen LogP contribution is -2.30. The van der Waals surface area contributed by atoms with E-state index in [1.165, 1.54) is 218 Å². The van der Waals surface area contributed by atoms with Crippen LogP contribution in [0.3, 0.4) is 0 Å². The molecule has 1 atom stereocenters. The Bertz CT molecular complexity index is 1170.